The topological polar surface area (TPSA) is 76.7 Å². The molecule has 4 rings (SSSR count). The number of hydrogen-bond acceptors (Lipinski definition) is 6. The van der Waals surface area contributed by atoms with Crippen LogP contribution in [0.4, 0.5) is 15.8 Å². The van der Waals surface area contributed by atoms with Gasteiger partial charge in [0.25, 0.3) is 0 Å². The van der Waals surface area contributed by atoms with Gasteiger partial charge in [-0.25, -0.2) is 4.39 Å². The molecule has 2 aromatic rings. The van der Waals surface area contributed by atoms with Crippen LogP contribution in [0.3, 0.4) is 0 Å². The number of rotatable bonds is 10. The Morgan fingerprint density at radius 1 is 0.923 bits per heavy atom. The second-order valence-corrected chi connectivity index (χ2v) is 12.3. The van der Waals surface area contributed by atoms with Gasteiger partial charge in [-0.05, 0) is 68.8 Å². The summed E-state index contributed by atoms with van der Waals surface area (Å²) in [4.78, 5) is 24.0. The Labute approximate surface area is 316 Å². The largest absolute Gasteiger partial charge is 0.388 e. The monoisotopic (exact) mass is 718 g/mol. The number of piperazine rings is 1. The molecule has 0 bridgehead atoms. The first kappa shape index (κ1) is 49.4. The lowest BCUT2D eigenvalue weighted by molar-refractivity contribution is -0.128. The van der Waals surface area contributed by atoms with Crippen LogP contribution in [0.15, 0.2) is 127 Å². The molecule has 0 unspecified atom stereocenters. The number of likely N-dealkylation sites (N-methyl/N-ethyl adjacent to an activating group) is 2. The van der Waals surface area contributed by atoms with Gasteiger partial charge < -0.3 is 30.5 Å². The van der Waals surface area contributed by atoms with E-state index in [-0.39, 0.29) is 13.3 Å². The van der Waals surface area contributed by atoms with Crippen LogP contribution in [0.2, 0.25) is 0 Å². The van der Waals surface area contributed by atoms with Crippen molar-refractivity contribution in [3.05, 3.63) is 133 Å². The van der Waals surface area contributed by atoms with Crippen molar-refractivity contribution in [3.8, 4) is 0 Å². The van der Waals surface area contributed by atoms with E-state index in [4.69, 9.17) is 4.79 Å². The standard InChI is InChI=1S/C14H18N2.C13H19FN2O.C8H11N.C7H14.CH2O.CH4/c1-3-4-8-13(15-2)11-12-16-14-9-6-5-7-10-14;1-11(5-4-6-12(2)14)13(17)16-9-7-15(3)8-10-16;1-7-5-3-4-6-8(7)9-2;1-7-5-3-2-4-6-7;1-2;/h3-11,15-16H,1,12H2,2H3;4-6H,2,7-10H2,1,3H3;3-6,9H,1-2H3;7H,2-6H2,1H3;1H2;1H4/b8-4-,13-11+;6-4-,11-5+;;;;. The quantitative estimate of drug-likeness (QED) is 0.168. The van der Waals surface area contributed by atoms with E-state index in [2.05, 4.69) is 66.1 Å². The van der Waals surface area contributed by atoms with Gasteiger partial charge in [0.15, 0.2) is 0 Å². The number of anilines is 2. The highest BCUT2D eigenvalue weighted by Gasteiger charge is 2.19. The maximum atomic E-state index is 12.3. The third-order valence-electron chi connectivity index (χ3n) is 8.16. The minimum absolute atomic E-state index is 0. The molecule has 0 radical (unpaired) electrons. The van der Waals surface area contributed by atoms with E-state index < -0.39 is 5.83 Å². The Bertz CT molecular complexity index is 1360. The Hall–Kier alpha value is -4.69. The summed E-state index contributed by atoms with van der Waals surface area (Å²) in [6.45, 7) is 19.0. The van der Waals surface area contributed by atoms with Crippen LogP contribution < -0.4 is 16.0 Å². The Morgan fingerprint density at radius 3 is 2.00 bits per heavy atom. The number of carbonyl (C=O) groups is 2. The SMILES string of the molecule is C.C=C(F)/C=C\C=C(/C)C(=O)N1CCN(C)CC1.C=C/C=C\C(=C/CNc1ccccc1)NC.C=O.CC1CCCCC1.CNc1ccccc1C. The summed E-state index contributed by atoms with van der Waals surface area (Å²) in [5.74, 6) is 0.544. The molecule has 1 amide bonds. The molecule has 0 atom stereocenters. The van der Waals surface area contributed by atoms with Gasteiger partial charge in [-0.2, -0.15) is 0 Å². The van der Waals surface area contributed by atoms with E-state index in [0.29, 0.717) is 5.57 Å². The van der Waals surface area contributed by atoms with Crippen LogP contribution in [0, 0.1) is 12.8 Å². The van der Waals surface area contributed by atoms with Gasteiger partial charge in [-0.15, -0.1) is 0 Å². The van der Waals surface area contributed by atoms with Crippen LogP contribution in [-0.4, -0.2) is 76.4 Å². The molecule has 7 nitrogen and oxygen atoms in total. The fraction of sp³-hybridized carbons (Fsp3) is 0.409. The number of para-hydroxylation sites is 2. The number of allylic oxidation sites excluding steroid dienone is 7. The van der Waals surface area contributed by atoms with E-state index in [1.165, 1.54) is 55.5 Å². The van der Waals surface area contributed by atoms with E-state index >= 15 is 0 Å². The Kier molecular flexibility index (Phi) is 30.6. The summed E-state index contributed by atoms with van der Waals surface area (Å²) in [5, 5.41) is 9.51. The Morgan fingerprint density at radius 2 is 1.52 bits per heavy atom. The summed E-state index contributed by atoms with van der Waals surface area (Å²) in [6, 6.07) is 18.4. The first-order valence-corrected chi connectivity index (χ1v) is 17.8. The van der Waals surface area contributed by atoms with Gasteiger partial charge in [0.1, 0.15) is 12.6 Å². The smallest absolute Gasteiger partial charge is 0.249 e. The molecule has 2 fully saturated rings. The summed E-state index contributed by atoms with van der Waals surface area (Å²) in [6.07, 6.45) is 19.5. The van der Waals surface area contributed by atoms with Crippen molar-refractivity contribution < 1.29 is 14.0 Å². The summed E-state index contributed by atoms with van der Waals surface area (Å²) in [7, 11) is 5.88. The molecular weight excluding hydrogens is 650 g/mol. The number of aryl methyl sites for hydroxylation is 1. The highest BCUT2D eigenvalue weighted by molar-refractivity contribution is 5.93. The van der Waals surface area contributed by atoms with Crippen LogP contribution >= 0.6 is 0 Å². The van der Waals surface area contributed by atoms with E-state index in [1.54, 1.807) is 19.1 Å². The van der Waals surface area contributed by atoms with Crippen molar-refractivity contribution >= 4 is 24.1 Å². The summed E-state index contributed by atoms with van der Waals surface area (Å²) >= 11 is 0. The molecular formula is C44H68FN5O2. The van der Waals surface area contributed by atoms with Gasteiger partial charge >= 0.3 is 0 Å². The number of benzene rings is 2. The highest BCUT2D eigenvalue weighted by atomic mass is 19.1. The molecule has 52 heavy (non-hydrogen) atoms. The lowest BCUT2D eigenvalue weighted by Gasteiger charge is -2.32. The van der Waals surface area contributed by atoms with Crippen LogP contribution in [0.5, 0.6) is 0 Å². The zero-order valence-corrected chi connectivity index (χ0v) is 32.1. The number of amides is 1. The van der Waals surface area contributed by atoms with Crippen LogP contribution in [0.1, 0.15) is 58.9 Å². The number of halogens is 1. The normalized spacial score (nSPS) is 14.7. The molecule has 0 spiro atoms. The fourth-order valence-electron chi connectivity index (χ4n) is 5.05. The molecule has 2 aliphatic rings. The summed E-state index contributed by atoms with van der Waals surface area (Å²) < 4.78 is 12.3. The Balaban J connectivity index is 0. The van der Waals surface area contributed by atoms with Crippen molar-refractivity contribution in [2.75, 3.05) is 64.5 Å². The third-order valence-corrected chi connectivity index (χ3v) is 8.16. The zero-order valence-electron chi connectivity index (χ0n) is 32.1. The van der Waals surface area contributed by atoms with Crippen molar-refractivity contribution in [1.29, 1.82) is 0 Å². The van der Waals surface area contributed by atoms with Crippen LogP contribution in [0.25, 0.3) is 0 Å². The number of hydrogen-bond donors (Lipinski definition) is 3. The second kappa shape index (κ2) is 32.2. The minimum Gasteiger partial charge on any atom is -0.388 e. The molecule has 1 aliphatic carbocycles. The first-order valence-electron chi connectivity index (χ1n) is 17.8. The minimum atomic E-state index is -0.513. The fourth-order valence-corrected chi connectivity index (χ4v) is 5.05. The molecule has 1 saturated heterocycles. The lowest BCUT2D eigenvalue weighted by Crippen LogP contribution is -2.47. The predicted octanol–water partition coefficient (Wildman–Crippen LogP) is 9.76. The van der Waals surface area contributed by atoms with Gasteiger partial charge in [0.05, 0.1) is 0 Å². The molecule has 8 heteroatoms. The number of nitrogens with zero attached hydrogens (tertiary/aromatic N) is 2. The van der Waals surface area contributed by atoms with Gasteiger partial charge in [0.2, 0.25) is 5.91 Å². The lowest BCUT2D eigenvalue weighted by atomic mass is 9.91. The van der Waals surface area contributed by atoms with Crippen molar-refractivity contribution in [3.63, 3.8) is 0 Å². The van der Waals surface area contributed by atoms with E-state index in [9.17, 15) is 9.18 Å². The van der Waals surface area contributed by atoms with E-state index in [0.717, 1.165) is 50.0 Å². The molecule has 2 aromatic carbocycles. The molecule has 288 valence electrons. The van der Waals surface area contributed by atoms with Crippen LogP contribution in [-0.2, 0) is 9.59 Å². The maximum Gasteiger partial charge on any atom is 0.249 e. The molecule has 1 aliphatic heterocycles. The highest BCUT2D eigenvalue weighted by Crippen LogP contribution is 2.22. The van der Waals surface area contributed by atoms with Gasteiger partial charge in [-0.3, -0.25) is 4.79 Å². The molecule has 1 saturated carbocycles. The third kappa shape index (κ3) is 24.5. The van der Waals surface area contributed by atoms with Crippen molar-refractivity contribution in [2.45, 2.75) is 60.3 Å². The first-order chi connectivity index (χ1) is 24.6. The van der Waals surface area contributed by atoms with Gasteiger partial charge in [0, 0.05) is 69.5 Å². The number of carbonyl (C=O) groups excluding carboxylic acids is 2. The second-order valence-electron chi connectivity index (χ2n) is 12.3. The van der Waals surface area contributed by atoms with Crippen molar-refractivity contribution in [1.82, 2.24) is 15.1 Å². The maximum absolute atomic E-state index is 12.3. The average Bonchev–Trinajstić information content (AvgIpc) is 3.15. The van der Waals surface area contributed by atoms with Gasteiger partial charge in [-0.1, -0.05) is 120 Å². The van der Waals surface area contributed by atoms with E-state index in [1.807, 2.05) is 87.4 Å². The van der Waals surface area contributed by atoms with Crippen molar-refractivity contribution in [2.24, 2.45) is 5.92 Å². The molecule has 1 heterocycles. The summed E-state index contributed by atoms with van der Waals surface area (Å²) in [5.41, 5.74) is 5.31. The predicted molar refractivity (Wildman–Crippen MR) is 225 cm³/mol. The zero-order chi connectivity index (χ0) is 38.3. The number of nitrogens with one attached hydrogen (secondary N) is 3. The molecule has 3 N–H and O–H groups in total. The average molecular weight is 718 g/mol. The molecule has 0 aromatic heterocycles.